The van der Waals surface area contributed by atoms with Gasteiger partial charge in [0.1, 0.15) is 17.2 Å². The molecule has 0 aliphatic carbocycles. The van der Waals surface area contributed by atoms with E-state index in [1.165, 1.54) is 18.2 Å². The SMILES string of the molecule is C[C@@H](NC(=O)CSc1nnc2n1CCCCC2)c1cc2ccccc2o1. The first-order valence-corrected chi connectivity index (χ1v) is 10.0. The van der Waals surface area contributed by atoms with Gasteiger partial charge in [0, 0.05) is 18.4 Å². The van der Waals surface area contributed by atoms with Crippen LogP contribution in [0, 0.1) is 0 Å². The Balaban J connectivity index is 1.36. The number of carbonyl (C=O) groups excluding carboxylic acids is 1. The van der Waals surface area contributed by atoms with E-state index >= 15 is 0 Å². The fourth-order valence-electron chi connectivity index (χ4n) is 3.27. The number of benzene rings is 1. The average Bonchev–Trinajstić information content (AvgIpc) is 3.17. The minimum absolute atomic E-state index is 0.0334. The normalized spacial score (nSPS) is 15.4. The molecule has 0 unspecified atom stereocenters. The number of nitrogens with one attached hydrogen (secondary N) is 1. The van der Waals surface area contributed by atoms with Gasteiger partial charge in [0.25, 0.3) is 0 Å². The van der Waals surface area contributed by atoms with Crippen LogP contribution in [0.4, 0.5) is 0 Å². The number of hydrogen-bond donors (Lipinski definition) is 1. The number of fused-ring (bicyclic) bond motifs is 2. The van der Waals surface area contributed by atoms with E-state index in [2.05, 4.69) is 20.1 Å². The Bertz CT molecular complexity index is 884. The summed E-state index contributed by atoms with van der Waals surface area (Å²) in [6, 6.07) is 9.65. The fraction of sp³-hybridized carbons (Fsp3) is 0.421. The Labute approximate surface area is 156 Å². The van der Waals surface area contributed by atoms with Crippen molar-refractivity contribution in [3.8, 4) is 0 Å². The van der Waals surface area contributed by atoms with Crippen LogP contribution in [-0.4, -0.2) is 26.4 Å². The number of aryl methyl sites for hydroxylation is 1. The predicted molar refractivity (Wildman–Crippen MR) is 101 cm³/mol. The van der Waals surface area contributed by atoms with E-state index in [4.69, 9.17) is 4.42 Å². The number of para-hydroxylation sites is 1. The van der Waals surface area contributed by atoms with Crippen molar-refractivity contribution in [1.82, 2.24) is 20.1 Å². The molecule has 1 amide bonds. The fourth-order valence-corrected chi connectivity index (χ4v) is 4.06. The minimum atomic E-state index is -0.175. The van der Waals surface area contributed by atoms with Gasteiger partial charge in [-0.1, -0.05) is 36.4 Å². The highest BCUT2D eigenvalue weighted by Crippen LogP contribution is 2.24. The number of hydrogen-bond acceptors (Lipinski definition) is 5. The number of aromatic nitrogens is 3. The van der Waals surface area contributed by atoms with Crippen LogP contribution in [0.25, 0.3) is 11.0 Å². The van der Waals surface area contributed by atoms with Crippen molar-refractivity contribution < 1.29 is 9.21 Å². The highest BCUT2D eigenvalue weighted by Gasteiger charge is 2.18. The third-order valence-electron chi connectivity index (χ3n) is 4.66. The summed E-state index contributed by atoms with van der Waals surface area (Å²) in [6.45, 7) is 2.88. The molecule has 0 saturated carbocycles. The maximum Gasteiger partial charge on any atom is 0.231 e. The summed E-state index contributed by atoms with van der Waals surface area (Å²) in [7, 11) is 0. The van der Waals surface area contributed by atoms with Crippen molar-refractivity contribution in [2.75, 3.05) is 5.75 Å². The Morgan fingerprint density at radius 1 is 1.31 bits per heavy atom. The molecule has 136 valence electrons. The zero-order valence-corrected chi connectivity index (χ0v) is 15.6. The quantitative estimate of drug-likeness (QED) is 0.693. The van der Waals surface area contributed by atoms with Crippen LogP contribution in [0.1, 0.15) is 43.8 Å². The molecule has 0 radical (unpaired) electrons. The zero-order chi connectivity index (χ0) is 17.9. The second-order valence-electron chi connectivity index (χ2n) is 6.63. The molecule has 6 nitrogen and oxygen atoms in total. The van der Waals surface area contributed by atoms with E-state index in [0.29, 0.717) is 5.75 Å². The van der Waals surface area contributed by atoms with Gasteiger partial charge >= 0.3 is 0 Å². The lowest BCUT2D eigenvalue weighted by Crippen LogP contribution is -2.28. The monoisotopic (exact) mass is 370 g/mol. The minimum Gasteiger partial charge on any atom is -0.459 e. The summed E-state index contributed by atoms with van der Waals surface area (Å²) in [5, 5.41) is 13.4. The van der Waals surface area contributed by atoms with Gasteiger partial charge in [-0.2, -0.15) is 0 Å². The van der Waals surface area contributed by atoms with Crippen molar-refractivity contribution in [1.29, 1.82) is 0 Å². The van der Waals surface area contributed by atoms with Gasteiger partial charge in [0.15, 0.2) is 5.16 Å². The van der Waals surface area contributed by atoms with Crippen LogP contribution in [0.3, 0.4) is 0 Å². The summed E-state index contributed by atoms with van der Waals surface area (Å²) < 4.78 is 7.98. The van der Waals surface area contributed by atoms with Gasteiger partial charge in [-0.25, -0.2) is 0 Å². The highest BCUT2D eigenvalue weighted by molar-refractivity contribution is 7.99. The largest absolute Gasteiger partial charge is 0.459 e. The van der Waals surface area contributed by atoms with Gasteiger partial charge < -0.3 is 14.3 Å². The van der Waals surface area contributed by atoms with Crippen molar-refractivity contribution in [3.05, 3.63) is 41.9 Å². The Kier molecular flexibility index (Phi) is 4.97. The van der Waals surface area contributed by atoms with Crippen LogP contribution in [-0.2, 0) is 17.8 Å². The van der Waals surface area contributed by atoms with Crippen LogP contribution < -0.4 is 5.32 Å². The number of rotatable bonds is 5. The van der Waals surface area contributed by atoms with E-state index in [1.807, 2.05) is 37.3 Å². The molecule has 1 N–H and O–H groups in total. The number of amides is 1. The summed E-state index contributed by atoms with van der Waals surface area (Å²) in [6.07, 6.45) is 4.51. The maximum absolute atomic E-state index is 12.3. The van der Waals surface area contributed by atoms with Crippen molar-refractivity contribution >= 4 is 28.6 Å². The van der Waals surface area contributed by atoms with Crippen molar-refractivity contribution in [2.24, 2.45) is 0 Å². The molecule has 7 heteroatoms. The Hall–Kier alpha value is -2.28. The maximum atomic E-state index is 12.3. The van der Waals surface area contributed by atoms with E-state index in [0.717, 1.165) is 53.5 Å². The molecule has 1 aliphatic rings. The zero-order valence-electron chi connectivity index (χ0n) is 14.8. The van der Waals surface area contributed by atoms with E-state index < -0.39 is 0 Å². The first kappa shape index (κ1) is 17.1. The van der Waals surface area contributed by atoms with Gasteiger partial charge in [-0.05, 0) is 31.9 Å². The molecular weight excluding hydrogens is 348 g/mol. The van der Waals surface area contributed by atoms with Gasteiger partial charge in [0.05, 0.1) is 11.8 Å². The molecule has 4 rings (SSSR count). The van der Waals surface area contributed by atoms with Crippen LogP contribution in [0.5, 0.6) is 0 Å². The first-order valence-electron chi connectivity index (χ1n) is 9.03. The van der Waals surface area contributed by atoms with Crippen LogP contribution in [0.2, 0.25) is 0 Å². The molecule has 3 heterocycles. The Morgan fingerprint density at radius 2 is 2.19 bits per heavy atom. The van der Waals surface area contributed by atoms with E-state index in [9.17, 15) is 4.79 Å². The van der Waals surface area contributed by atoms with E-state index in [-0.39, 0.29) is 11.9 Å². The summed E-state index contributed by atoms with van der Waals surface area (Å²) in [5.74, 6) is 2.10. The Morgan fingerprint density at radius 3 is 3.08 bits per heavy atom. The van der Waals surface area contributed by atoms with Gasteiger partial charge in [0.2, 0.25) is 5.91 Å². The first-order chi connectivity index (χ1) is 12.7. The smallest absolute Gasteiger partial charge is 0.231 e. The lowest BCUT2D eigenvalue weighted by molar-refractivity contribution is -0.119. The molecule has 0 saturated heterocycles. The number of thioether (sulfide) groups is 1. The molecule has 3 aromatic rings. The molecule has 0 bridgehead atoms. The lowest BCUT2D eigenvalue weighted by Gasteiger charge is -2.11. The summed E-state index contributed by atoms with van der Waals surface area (Å²) in [4.78, 5) is 12.3. The molecule has 1 aromatic carbocycles. The van der Waals surface area contributed by atoms with E-state index in [1.54, 1.807) is 0 Å². The van der Waals surface area contributed by atoms with Crippen molar-refractivity contribution in [3.63, 3.8) is 0 Å². The number of furan rings is 1. The third-order valence-corrected chi connectivity index (χ3v) is 5.62. The summed E-state index contributed by atoms with van der Waals surface area (Å²) in [5.41, 5.74) is 0.837. The average molecular weight is 370 g/mol. The highest BCUT2D eigenvalue weighted by atomic mass is 32.2. The standard InChI is InChI=1S/C19H22N4O2S/c1-13(16-11-14-7-4-5-8-15(14)25-16)20-18(24)12-26-19-22-21-17-9-3-2-6-10-23(17)19/h4-5,7-8,11,13H,2-3,6,9-10,12H2,1H3,(H,20,24)/t13-/m1/s1. The molecule has 2 aromatic heterocycles. The predicted octanol–water partition coefficient (Wildman–Crippen LogP) is 3.72. The molecule has 0 spiro atoms. The van der Waals surface area contributed by atoms with Crippen molar-refractivity contribution in [2.45, 2.75) is 50.4 Å². The van der Waals surface area contributed by atoms with Gasteiger partial charge in [-0.15, -0.1) is 10.2 Å². The van der Waals surface area contributed by atoms with Crippen LogP contribution >= 0.6 is 11.8 Å². The molecule has 1 aliphatic heterocycles. The molecule has 26 heavy (non-hydrogen) atoms. The topological polar surface area (TPSA) is 73.0 Å². The second-order valence-corrected chi connectivity index (χ2v) is 7.57. The second kappa shape index (κ2) is 7.53. The number of nitrogens with zero attached hydrogens (tertiary/aromatic N) is 3. The molecule has 0 fully saturated rings. The van der Waals surface area contributed by atoms with Crippen LogP contribution in [0.15, 0.2) is 39.9 Å². The third kappa shape index (κ3) is 3.62. The molecule has 1 atom stereocenters. The summed E-state index contributed by atoms with van der Waals surface area (Å²) >= 11 is 1.45. The lowest BCUT2D eigenvalue weighted by atomic mass is 10.2. The molecular formula is C19H22N4O2S. The number of carbonyl (C=O) groups is 1. The van der Waals surface area contributed by atoms with Gasteiger partial charge in [-0.3, -0.25) is 4.79 Å².